The third-order valence-electron chi connectivity index (χ3n) is 4.08. The number of hydrogen-bond acceptors (Lipinski definition) is 5. The number of pyridine rings is 1. The Morgan fingerprint density at radius 1 is 1.46 bits per heavy atom. The van der Waals surface area contributed by atoms with Crippen LogP contribution in [-0.2, 0) is 10.0 Å². The molecule has 1 unspecified atom stereocenters. The van der Waals surface area contributed by atoms with E-state index >= 15 is 0 Å². The first-order chi connectivity index (χ1) is 11.3. The summed E-state index contributed by atoms with van der Waals surface area (Å²) in [7, 11) is -3.27. The van der Waals surface area contributed by atoms with Gasteiger partial charge in [0.15, 0.2) is 5.78 Å². The standard InChI is InChI=1S/C16H18ClN3O3S/c1-10(21)13-8-14(17)12-4-3-6-18-15(12)16(13)20-7-5-11(9-20)19-24(2,22)23/h3-4,6,8,11,19H,5,7,9H2,1-2H3. The maximum atomic E-state index is 12.1. The van der Waals surface area contributed by atoms with Crippen molar-refractivity contribution in [2.45, 2.75) is 19.4 Å². The molecule has 2 aromatic rings. The number of hydrogen-bond donors (Lipinski definition) is 1. The fourth-order valence-electron chi connectivity index (χ4n) is 3.14. The largest absolute Gasteiger partial charge is 0.368 e. The zero-order valence-electron chi connectivity index (χ0n) is 13.4. The van der Waals surface area contributed by atoms with Crippen molar-refractivity contribution in [3.8, 4) is 0 Å². The lowest BCUT2D eigenvalue weighted by atomic mass is 10.0. The van der Waals surface area contributed by atoms with Gasteiger partial charge in [-0.25, -0.2) is 13.1 Å². The van der Waals surface area contributed by atoms with Crippen molar-refractivity contribution >= 4 is 44.0 Å². The summed E-state index contributed by atoms with van der Waals surface area (Å²) in [5.74, 6) is -0.0982. The molecule has 1 N–H and O–H groups in total. The summed E-state index contributed by atoms with van der Waals surface area (Å²) >= 11 is 6.30. The van der Waals surface area contributed by atoms with E-state index in [1.54, 1.807) is 18.3 Å². The van der Waals surface area contributed by atoms with Gasteiger partial charge in [0, 0.05) is 36.3 Å². The first-order valence-electron chi connectivity index (χ1n) is 7.56. The number of rotatable bonds is 4. The molecular weight excluding hydrogens is 350 g/mol. The maximum Gasteiger partial charge on any atom is 0.209 e. The molecule has 128 valence electrons. The van der Waals surface area contributed by atoms with Gasteiger partial charge in [0.05, 0.1) is 22.5 Å². The minimum atomic E-state index is -3.27. The van der Waals surface area contributed by atoms with Crippen LogP contribution in [0.4, 0.5) is 5.69 Å². The van der Waals surface area contributed by atoms with E-state index in [0.29, 0.717) is 35.6 Å². The number of anilines is 1. The second-order valence-electron chi connectivity index (χ2n) is 6.03. The Morgan fingerprint density at radius 2 is 2.21 bits per heavy atom. The maximum absolute atomic E-state index is 12.1. The van der Waals surface area contributed by atoms with Crippen molar-refractivity contribution in [1.82, 2.24) is 9.71 Å². The highest BCUT2D eigenvalue weighted by Crippen LogP contribution is 2.36. The normalized spacial score (nSPS) is 18.3. The van der Waals surface area contributed by atoms with Crippen LogP contribution in [0.2, 0.25) is 5.02 Å². The Hall–Kier alpha value is -1.70. The first-order valence-corrected chi connectivity index (χ1v) is 9.83. The SMILES string of the molecule is CC(=O)c1cc(Cl)c2cccnc2c1N1CCC(NS(C)(=O)=O)C1. The Bertz CT molecular complexity index is 914. The summed E-state index contributed by atoms with van der Waals surface area (Å²) in [4.78, 5) is 18.5. The molecule has 0 bridgehead atoms. The Balaban J connectivity index is 2.07. The van der Waals surface area contributed by atoms with Gasteiger partial charge in [-0.2, -0.15) is 0 Å². The van der Waals surface area contributed by atoms with Crippen molar-refractivity contribution in [3.05, 3.63) is 35.0 Å². The molecule has 0 radical (unpaired) electrons. The molecule has 1 aromatic heterocycles. The van der Waals surface area contributed by atoms with Gasteiger partial charge in [0.25, 0.3) is 0 Å². The highest BCUT2D eigenvalue weighted by atomic mass is 35.5. The average Bonchev–Trinajstić information content (AvgIpc) is 2.93. The smallest absolute Gasteiger partial charge is 0.209 e. The molecule has 0 amide bonds. The van der Waals surface area contributed by atoms with Crippen LogP contribution in [0.25, 0.3) is 10.9 Å². The zero-order valence-corrected chi connectivity index (χ0v) is 15.0. The van der Waals surface area contributed by atoms with Crippen molar-refractivity contribution in [1.29, 1.82) is 0 Å². The summed E-state index contributed by atoms with van der Waals surface area (Å²) in [6, 6.07) is 5.14. The van der Waals surface area contributed by atoms with Gasteiger partial charge in [-0.1, -0.05) is 11.6 Å². The molecule has 24 heavy (non-hydrogen) atoms. The van der Waals surface area contributed by atoms with Crippen LogP contribution in [0.1, 0.15) is 23.7 Å². The third kappa shape index (κ3) is 3.38. The number of benzene rings is 1. The van der Waals surface area contributed by atoms with Gasteiger partial charge in [0.2, 0.25) is 10.0 Å². The average molecular weight is 368 g/mol. The highest BCUT2D eigenvalue weighted by molar-refractivity contribution is 7.88. The topological polar surface area (TPSA) is 79.4 Å². The minimum Gasteiger partial charge on any atom is -0.368 e. The molecule has 6 nitrogen and oxygen atoms in total. The number of ketones is 1. The number of nitrogens with one attached hydrogen (secondary N) is 1. The Kier molecular flexibility index (Phi) is 4.50. The van der Waals surface area contributed by atoms with Crippen molar-refractivity contribution in [2.24, 2.45) is 0 Å². The van der Waals surface area contributed by atoms with Crippen LogP contribution in [0.3, 0.4) is 0 Å². The van der Waals surface area contributed by atoms with Crippen molar-refractivity contribution in [2.75, 3.05) is 24.2 Å². The number of aromatic nitrogens is 1. The van der Waals surface area contributed by atoms with E-state index in [9.17, 15) is 13.2 Å². The Labute approximate surface area is 145 Å². The number of Topliss-reactive ketones (excluding diaryl/α,β-unsaturated/α-hetero) is 1. The van der Waals surface area contributed by atoms with E-state index in [-0.39, 0.29) is 11.8 Å². The van der Waals surface area contributed by atoms with Gasteiger partial charge >= 0.3 is 0 Å². The van der Waals surface area contributed by atoms with Gasteiger partial charge in [-0.15, -0.1) is 0 Å². The predicted octanol–water partition coefficient (Wildman–Crippen LogP) is 2.22. The van der Waals surface area contributed by atoms with Crippen LogP contribution in [0.5, 0.6) is 0 Å². The quantitative estimate of drug-likeness (QED) is 0.838. The number of nitrogens with zero attached hydrogens (tertiary/aromatic N) is 2. The molecule has 1 saturated heterocycles. The second kappa shape index (κ2) is 6.31. The van der Waals surface area contributed by atoms with Gasteiger partial charge < -0.3 is 4.90 Å². The summed E-state index contributed by atoms with van der Waals surface area (Å²) in [6.45, 7) is 2.62. The first kappa shape index (κ1) is 17.1. The van der Waals surface area contributed by atoms with E-state index in [2.05, 4.69) is 9.71 Å². The summed E-state index contributed by atoms with van der Waals surface area (Å²) in [5.41, 5.74) is 1.89. The molecule has 0 spiro atoms. The molecule has 2 heterocycles. The minimum absolute atomic E-state index is 0.0982. The Morgan fingerprint density at radius 3 is 2.88 bits per heavy atom. The molecule has 1 atom stereocenters. The van der Waals surface area contributed by atoms with Crippen molar-refractivity contribution < 1.29 is 13.2 Å². The molecule has 8 heteroatoms. The number of carbonyl (C=O) groups excluding carboxylic acids is 1. The summed E-state index contributed by atoms with van der Waals surface area (Å²) in [6.07, 6.45) is 3.48. The van der Waals surface area contributed by atoms with E-state index < -0.39 is 10.0 Å². The lowest BCUT2D eigenvalue weighted by molar-refractivity contribution is 0.101. The van der Waals surface area contributed by atoms with E-state index in [0.717, 1.165) is 17.3 Å². The van der Waals surface area contributed by atoms with E-state index in [1.807, 2.05) is 11.0 Å². The lowest BCUT2D eigenvalue weighted by Gasteiger charge is -2.23. The molecule has 1 aliphatic rings. The number of fused-ring (bicyclic) bond motifs is 1. The predicted molar refractivity (Wildman–Crippen MR) is 95.4 cm³/mol. The second-order valence-corrected chi connectivity index (χ2v) is 8.22. The monoisotopic (exact) mass is 367 g/mol. The molecule has 0 aliphatic carbocycles. The number of carbonyl (C=O) groups is 1. The lowest BCUT2D eigenvalue weighted by Crippen LogP contribution is -2.36. The molecule has 1 aromatic carbocycles. The number of halogens is 1. The van der Waals surface area contributed by atoms with Crippen LogP contribution in [0.15, 0.2) is 24.4 Å². The molecular formula is C16H18ClN3O3S. The van der Waals surface area contributed by atoms with Gasteiger partial charge in [0.1, 0.15) is 0 Å². The van der Waals surface area contributed by atoms with Crippen LogP contribution < -0.4 is 9.62 Å². The molecule has 3 rings (SSSR count). The van der Waals surface area contributed by atoms with E-state index in [1.165, 1.54) is 6.92 Å². The summed E-state index contributed by atoms with van der Waals surface area (Å²) < 4.78 is 25.5. The van der Waals surface area contributed by atoms with Crippen LogP contribution in [0, 0.1) is 0 Å². The van der Waals surface area contributed by atoms with Gasteiger partial charge in [-0.3, -0.25) is 9.78 Å². The molecule has 0 saturated carbocycles. The molecule has 1 aliphatic heterocycles. The molecule has 1 fully saturated rings. The fourth-order valence-corrected chi connectivity index (χ4v) is 4.20. The zero-order chi connectivity index (χ0) is 17.5. The third-order valence-corrected chi connectivity index (χ3v) is 5.15. The van der Waals surface area contributed by atoms with Crippen molar-refractivity contribution in [3.63, 3.8) is 0 Å². The van der Waals surface area contributed by atoms with Crippen LogP contribution in [-0.4, -0.2) is 44.6 Å². The van der Waals surface area contributed by atoms with Crippen LogP contribution >= 0.6 is 11.6 Å². The number of sulfonamides is 1. The van der Waals surface area contributed by atoms with E-state index in [4.69, 9.17) is 11.6 Å². The fraction of sp³-hybridized carbons (Fsp3) is 0.375. The van der Waals surface area contributed by atoms with Gasteiger partial charge in [-0.05, 0) is 31.5 Å². The highest BCUT2D eigenvalue weighted by Gasteiger charge is 2.29. The summed E-state index contributed by atoms with van der Waals surface area (Å²) in [5, 5.41) is 1.26.